The van der Waals surface area contributed by atoms with Crippen LogP contribution in [0.2, 0.25) is 0 Å². The summed E-state index contributed by atoms with van der Waals surface area (Å²) in [5.74, 6) is 4.39. The lowest BCUT2D eigenvalue weighted by Crippen LogP contribution is -2.52. The summed E-state index contributed by atoms with van der Waals surface area (Å²) >= 11 is 0. The van der Waals surface area contributed by atoms with Gasteiger partial charge in [0.15, 0.2) is 5.82 Å². The van der Waals surface area contributed by atoms with E-state index >= 15 is 0 Å². The van der Waals surface area contributed by atoms with E-state index < -0.39 is 0 Å². The van der Waals surface area contributed by atoms with Crippen molar-refractivity contribution < 1.29 is 18.9 Å². The maximum absolute atomic E-state index is 7.67. The topological polar surface area (TPSA) is 95.0 Å². The third-order valence-corrected chi connectivity index (χ3v) is 14.1. The van der Waals surface area contributed by atoms with Crippen LogP contribution in [0.3, 0.4) is 0 Å². The molecule has 13 rings (SSSR count). The highest BCUT2D eigenvalue weighted by Gasteiger charge is 2.43. The van der Waals surface area contributed by atoms with Crippen molar-refractivity contribution in [2.24, 2.45) is 11.8 Å². The van der Waals surface area contributed by atoms with E-state index in [0.717, 1.165) is 100 Å². The van der Waals surface area contributed by atoms with Crippen LogP contribution in [0, 0.1) is 11.8 Å². The van der Waals surface area contributed by atoms with Crippen molar-refractivity contribution in [2.45, 2.75) is 62.8 Å². The fraction of sp³-hybridized carbons (Fsp3) is 0.346. The Morgan fingerprint density at radius 1 is 0.532 bits per heavy atom. The predicted molar refractivity (Wildman–Crippen MR) is 242 cm³/mol. The molecule has 0 spiro atoms. The van der Waals surface area contributed by atoms with Gasteiger partial charge in [0.25, 0.3) is 0 Å². The van der Waals surface area contributed by atoms with Crippen LogP contribution in [0.15, 0.2) is 122 Å². The molecule has 9 heterocycles. The van der Waals surface area contributed by atoms with Crippen molar-refractivity contribution in [1.29, 1.82) is 0 Å². The number of hydrogen-bond acceptors (Lipinski definition) is 10. The van der Waals surface area contributed by atoms with Gasteiger partial charge in [0.1, 0.15) is 29.3 Å². The molecule has 0 aliphatic carbocycles. The molecule has 0 radical (unpaired) electrons. The van der Waals surface area contributed by atoms with Crippen molar-refractivity contribution in [1.82, 2.24) is 29.7 Å². The average molecular weight is 825 g/mol. The number of nitrogens with zero attached hydrogens (tertiary/aromatic N) is 6. The zero-order valence-corrected chi connectivity index (χ0v) is 35.4. The molecule has 6 fully saturated rings. The third kappa shape index (κ3) is 7.28. The van der Waals surface area contributed by atoms with Crippen molar-refractivity contribution in [2.75, 3.05) is 40.4 Å². The van der Waals surface area contributed by atoms with E-state index in [1.165, 1.54) is 25.7 Å². The SMILES string of the molecule is COc1ccc2nccc(C(Oc3nc(-c4ccccc4)nc(OC(c4ccnc5ccc(OC)cc45)[C@H]4CC5CCN4CC5)c3-c3ccccc3)C3CC4CCN3CC4)c2c1. The Kier molecular flexibility index (Phi) is 10.4. The van der Waals surface area contributed by atoms with Gasteiger partial charge in [-0.1, -0.05) is 60.7 Å². The monoisotopic (exact) mass is 824 g/mol. The van der Waals surface area contributed by atoms with Gasteiger partial charge in [-0.05, 0) is 131 Å². The number of rotatable bonds is 12. The molecule has 62 heavy (non-hydrogen) atoms. The zero-order valence-electron chi connectivity index (χ0n) is 35.4. The van der Waals surface area contributed by atoms with Crippen LogP contribution in [0.1, 0.15) is 61.9 Å². The summed E-state index contributed by atoms with van der Waals surface area (Å²) in [4.78, 5) is 25.7. The largest absolute Gasteiger partial charge is 0.497 e. The molecule has 4 aromatic carbocycles. The molecule has 0 N–H and O–H groups in total. The summed E-state index contributed by atoms with van der Waals surface area (Å²) < 4.78 is 26.9. The van der Waals surface area contributed by atoms with Gasteiger partial charge in [-0.2, -0.15) is 9.97 Å². The minimum Gasteiger partial charge on any atom is -0.497 e. The van der Waals surface area contributed by atoms with Crippen LogP contribution in [0.5, 0.6) is 23.3 Å². The lowest BCUT2D eigenvalue weighted by atomic mass is 9.79. The third-order valence-electron chi connectivity index (χ3n) is 14.1. The lowest BCUT2D eigenvalue weighted by molar-refractivity contribution is -0.0199. The summed E-state index contributed by atoms with van der Waals surface area (Å²) in [6, 6.07) is 37.3. The highest BCUT2D eigenvalue weighted by atomic mass is 16.5. The normalized spacial score (nSPS) is 23.8. The first kappa shape index (κ1) is 38.8. The standard InChI is InChI=1S/C52H52N6O4/c1-59-37-13-15-43-41(31-37)39(17-23-53-43)48(45-29-33-19-25-57(45)26-20-33)61-51-47(35-9-5-3-6-10-35)52(56-50(55-51)36-11-7-4-8-12-36)62-49(46-30-34-21-27-58(46)28-22-34)40-18-24-54-44-16-14-38(60-2)32-42(40)44/h3-18,23-24,31-34,45-46,48-49H,19-22,25-30H2,1-2H3/t45-,46?,48?,49?/m1/s1. The van der Waals surface area contributed by atoms with Crippen LogP contribution in [0.4, 0.5) is 0 Å². The molecule has 10 nitrogen and oxygen atoms in total. The van der Waals surface area contributed by atoms with Crippen LogP contribution >= 0.6 is 0 Å². The Morgan fingerprint density at radius 2 is 0.984 bits per heavy atom. The van der Waals surface area contributed by atoms with Gasteiger partial charge in [-0.3, -0.25) is 19.8 Å². The molecular formula is C52H52N6O4. The quantitative estimate of drug-likeness (QED) is 0.119. The Labute approximate surface area is 362 Å². The maximum Gasteiger partial charge on any atom is 0.229 e. The zero-order chi connectivity index (χ0) is 41.6. The number of benzene rings is 4. The molecule has 3 aromatic heterocycles. The number of methoxy groups -OCH3 is 2. The highest BCUT2D eigenvalue weighted by molar-refractivity contribution is 5.85. The van der Waals surface area contributed by atoms with Crippen molar-refractivity contribution in [3.63, 3.8) is 0 Å². The summed E-state index contributed by atoms with van der Waals surface area (Å²) in [6.07, 6.45) is 9.99. The van der Waals surface area contributed by atoms with E-state index in [0.29, 0.717) is 29.4 Å². The number of pyridine rings is 2. The van der Waals surface area contributed by atoms with Crippen LogP contribution in [-0.4, -0.2) is 82.2 Å². The number of fused-ring (bicyclic) bond motifs is 8. The van der Waals surface area contributed by atoms with Gasteiger partial charge in [-0.25, -0.2) is 0 Å². The first-order valence-corrected chi connectivity index (χ1v) is 22.3. The van der Waals surface area contributed by atoms with E-state index in [4.69, 9.17) is 38.9 Å². The number of hydrogen-bond donors (Lipinski definition) is 0. The average Bonchev–Trinajstić information content (AvgIpc) is 3.35. The number of piperidine rings is 6. The molecule has 6 aliphatic rings. The molecule has 314 valence electrons. The summed E-state index contributed by atoms with van der Waals surface area (Å²) in [6.45, 7) is 4.19. The second-order valence-corrected chi connectivity index (χ2v) is 17.5. The summed E-state index contributed by atoms with van der Waals surface area (Å²) in [7, 11) is 3.43. The van der Waals surface area contributed by atoms with Gasteiger partial charge in [0, 0.05) is 39.9 Å². The Hall–Kier alpha value is -6.10. The molecule has 0 saturated carbocycles. The second-order valence-electron chi connectivity index (χ2n) is 17.5. The van der Waals surface area contributed by atoms with Gasteiger partial charge >= 0.3 is 0 Å². The molecular weight excluding hydrogens is 773 g/mol. The molecule has 7 aromatic rings. The predicted octanol–water partition coefficient (Wildman–Crippen LogP) is 10.1. The van der Waals surface area contributed by atoms with Crippen molar-refractivity contribution in [3.8, 4) is 45.8 Å². The van der Waals surface area contributed by atoms with E-state index in [-0.39, 0.29) is 24.3 Å². The van der Waals surface area contributed by atoms with Crippen molar-refractivity contribution >= 4 is 21.8 Å². The van der Waals surface area contributed by atoms with Crippen molar-refractivity contribution in [3.05, 3.63) is 133 Å². The first-order chi connectivity index (χ1) is 30.6. The van der Waals surface area contributed by atoms with E-state index in [2.05, 4.69) is 70.5 Å². The van der Waals surface area contributed by atoms with E-state index in [1.807, 2.05) is 60.9 Å². The van der Waals surface area contributed by atoms with E-state index in [9.17, 15) is 0 Å². The minimum atomic E-state index is -0.378. The first-order valence-electron chi connectivity index (χ1n) is 22.3. The fourth-order valence-corrected chi connectivity index (χ4v) is 10.8. The highest BCUT2D eigenvalue weighted by Crippen LogP contribution is 2.48. The van der Waals surface area contributed by atoms with Gasteiger partial charge in [-0.15, -0.1) is 0 Å². The summed E-state index contributed by atoms with van der Waals surface area (Å²) in [5.41, 5.74) is 6.46. The smallest absolute Gasteiger partial charge is 0.229 e. The Bertz CT molecular complexity index is 2560. The molecule has 3 unspecified atom stereocenters. The second kappa shape index (κ2) is 16.6. The van der Waals surface area contributed by atoms with Gasteiger partial charge in [0.05, 0.1) is 37.3 Å². The number of aromatic nitrogens is 4. The molecule has 4 bridgehead atoms. The molecule has 6 saturated heterocycles. The molecule has 6 aliphatic heterocycles. The summed E-state index contributed by atoms with van der Waals surface area (Å²) in [5, 5.41) is 2.02. The van der Waals surface area contributed by atoms with Crippen LogP contribution in [-0.2, 0) is 0 Å². The van der Waals surface area contributed by atoms with Gasteiger partial charge < -0.3 is 18.9 Å². The van der Waals surface area contributed by atoms with Crippen LogP contribution < -0.4 is 18.9 Å². The molecule has 0 amide bonds. The van der Waals surface area contributed by atoms with Crippen LogP contribution in [0.25, 0.3) is 44.3 Å². The van der Waals surface area contributed by atoms with Gasteiger partial charge in [0.2, 0.25) is 11.8 Å². The number of ether oxygens (including phenoxy) is 4. The Morgan fingerprint density at radius 3 is 1.40 bits per heavy atom. The minimum absolute atomic E-state index is 0.124. The Balaban J connectivity index is 1.13. The molecule has 10 heteroatoms. The van der Waals surface area contributed by atoms with E-state index in [1.54, 1.807) is 14.2 Å². The maximum atomic E-state index is 7.67. The fourth-order valence-electron chi connectivity index (χ4n) is 10.8. The molecule has 4 atom stereocenters. The lowest BCUT2D eigenvalue weighted by Gasteiger charge is -2.48.